The summed E-state index contributed by atoms with van der Waals surface area (Å²) >= 11 is 3.75. The number of pyridine rings is 1. The van der Waals surface area contributed by atoms with E-state index in [1.165, 1.54) is 5.56 Å². The van der Waals surface area contributed by atoms with E-state index in [4.69, 9.17) is 5.10 Å². The zero-order chi connectivity index (χ0) is 14.9. The molecule has 0 radical (unpaired) electrons. The van der Waals surface area contributed by atoms with Crippen LogP contribution in [0, 0.1) is 6.92 Å². The van der Waals surface area contributed by atoms with Crippen molar-refractivity contribution in [1.82, 2.24) is 14.3 Å². The number of nitrogens with zero attached hydrogens (tertiary/aromatic N) is 3. The molecular formula is C16H16BrN3O. The van der Waals surface area contributed by atoms with Gasteiger partial charge in [0.15, 0.2) is 0 Å². The molecule has 1 aliphatic heterocycles. The number of hydrogen-bond acceptors (Lipinski definition) is 2. The quantitative estimate of drug-likeness (QED) is 0.635. The van der Waals surface area contributed by atoms with Gasteiger partial charge in [0.05, 0.1) is 28.1 Å². The Kier molecular flexibility index (Phi) is 2.61. The molecule has 0 aliphatic carbocycles. The van der Waals surface area contributed by atoms with E-state index in [-0.39, 0.29) is 10.4 Å². The van der Waals surface area contributed by atoms with Gasteiger partial charge in [0, 0.05) is 17.8 Å². The highest BCUT2D eigenvalue weighted by Gasteiger charge is 2.27. The maximum Gasteiger partial charge on any atom is 0.258 e. The number of aryl methyl sites for hydroxylation is 3. The number of hydrogen-bond donors (Lipinski definition) is 0. The Bertz CT molecular complexity index is 967. The van der Waals surface area contributed by atoms with Crippen molar-refractivity contribution >= 4 is 37.7 Å². The van der Waals surface area contributed by atoms with Crippen LogP contribution in [0.25, 0.3) is 21.8 Å². The molecule has 0 bridgehead atoms. The van der Waals surface area contributed by atoms with Crippen LogP contribution < -0.4 is 5.56 Å². The fraction of sp³-hybridized carbons (Fsp3) is 0.375. The Labute approximate surface area is 130 Å². The minimum absolute atomic E-state index is 0.0679. The van der Waals surface area contributed by atoms with Gasteiger partial charge in [-0.1, -0.05) is 28.9 Å². The molecular weight excluding hydrogens is 330 g/mol. The highest BCUT2D eigenvalue weighted by molar-refractivity contribution is 9.09. The molecule has 0 saturated heterocycles. The summed E-state index contributed by atoms with van der Waals surface area (Å²) in [6.07, 6.45) is 0.830. The number of benzene rings is 1. The maximum atomic E-state index is 12.8. The summed E-state index contributed by atoms with van der Waals surface area (Å²) in [6, 6.07) is 4.18. The van der Waals surface area contributed by atoms with Gasteiger partial charge in [-0.15, -0.1) is 0 Å². The van der Waals surface area contributed by atoms with Crippen LogP contribution in [0.3, 0.4) is 0 Å². The first kappa shape index (κ1) is 13.1. The zero-order valence-corrected chi connectivity index (χ0v) is 13.9. The first-order valence-electron chi connectivity index (χ1n) is 7.19. The second-order valence-electron chi connectivity index (χ2n) is 5.79. The van der Waals surface area contributed by atoms with Crippen LogP contribution in [-0.2, 0) is 20.0 Å². The molecule has 0 amide bonds. The van der Waals surface area contributed by atoms with Crippen LogP contribution in [0.5, 0.6) is 0 Å². The molecule has 1 aliphatic rings. The van der Waals surface area contributed by atoms with Crippen molar-refractivity contribution in [3.8, 4) is 0 Å². The number of alkyl halides is 1. The molecule has 21 heavy (non-hydrogen) atoms. The SMILES string of the molecule is CCc1nn2c3c4c(cc(C)cc4c(=O)n(C)c13)C(Br)C2. The van der Waals surface area contributed by atoms with Crippen molar-refractivity contribution < 1.29 is 0 Å². The number of aromatic nitrogens is 3. The standard InChI is InChI=1S/C16H16BrN3O/c1-4-12-14-15-13-9(11(17)7-20(15)18-12)5-8(2)6-10(13)16(21)19(14)3/h5-6,11H,4,7H2,1-3H3. The number of halogens is 1. The second kappa shape index (κ2) is 4.19. The summed E-state index contributed by atoms with van der Waals surface area (Å²) in [6.45, 7) is 4.93. The van der Waals surface area contributed by atoms with Gasteiger partial charge in [-0.3, -0.25) is 9.48 Å². The zero-order valence-electron chi connectivity index (χ0n) is 12.3. The van der Waals surface area contributed by atoms with Crippen molar-refractivity contribution in [3.05, 3.63) is 39.3 Å². The van der Waals surface area contributed by atoms with Crippen molar-refractivity contribution in [2.75, 3.05) is 0 Å². The molecule has 0 spiro atoms. The molecule has 0 fully saturated rings. The largest absolute Gasteiger partial charge is 0.308 e. The van der Waals surface area contributed by atoms with Gasteiger partial charge < -0.3 is 4.57 Å². The molecule has 108 valence electrons. The van der Waals surface area contributed by atoms with Crippen LogP contribution in [0.1, 0.15) is 28.6 Å². The summed E-state index contributed by atoms with van der Waals surface area (Å²) in [5.41, 5.74) is 5.50. The minimum Gasteiger partial charge on any atom is -0.308 e. The highest BCUT2D eigenvalue weighted by atomic mass is 79.9. The van der Waals surface area contributed by atoms with Gasteiger partial charge in [-0.25, -0.2) is 0 Å². The van der Waals surface area contributed by atoms with Crippen molar-refractivity contribution in [1.29, 1.82) is 0 Å². The average Bonchev–Trinajstić information content (AvgIpc) is 2.82. The molecule has 3 heterocycles. The Morgan fingerprint density at radius 3 is 2.86 bits per heavy atom. The third-order valence-electron chi connectivity index (χ3n) is 4.42. The normalized spacial score (nSPS) is 17.2. The second-order valence-corrected chi connectivity index (χ2v) is 6.89. The molecule has 0 saturated carbocycles. The predicted molar refractivity (Wildman–Crippen MR) is 88.3 cm³/mol. The molecule has 4 rings (SSSR count). The van der Waals surface area contributed by atoms with Crippen LogP contribution in [0.15, 0.2) is 16.9 Å². The lowest BCUT2D eigenvalue weighted by Crippen LogP contribution is -2.21. The molecule has 3 aromatic rings. The van der Waals surface area contributed by atoms with E-state index < -0.39 is 0 Å². The third kappa shape index (κ3) is 1.55. The van der Waals surface area contributed by atoms with Gasteiger partial charge >= 0.3 is 0 Å². The van der Waals surface area contributed by atoms with Crippen molar-refractivity contribution in [2.24, 2.45) is 7.05 Å². The van der Waals surface area contributed by atoms with E-state index in [1.54, 1.807) is 4.57 Å². The molecule has 1 atom stereocenters. The van der Waals surface area contributed by atoms with E-state index in [9.17, 15) is 4.79 Å². The third-order valence-corrected chi connectivity index (χ3v) is 5.21. The van der Waals surface area contributed by atoms with Crippen LogP contribution in [-0.4, -0.2) is 14.3 Å². The molecule has 2 aromatic heterocycles. The van der Waals surface area contributed by atoms with Gasteiger partial charge in [0.2, 0.25) is 0 Å². The van der Waals surface area contributed by atoms with Gasteiger partial charge in [-0.05, 0) is 30.5 Å². The summed E-state index contributed by atoms with van der Waals surface area (Å²) in [5, 5.41) is 6.59. The predicted octanol–water partition coefficient (Wildman–Crippen LogP) is 3.21. The van der Waals surface area contributed by atoms with Gasteiger partial charge in [-0.2, -0.15) is 5.10 Å². The lowest BCUT2D eigenvalue weighted by Gasteiger charge is -2.21. The molecule has 1 aromatic carbocycles. The summed E-state index contributed by atoms with van der Waals surface area (Å²) < 4.78 is 3.81. The first-order valence-corrected chi connectivity index (χ1v) is 8.11. The lowest BCUT2D eigenvalue weighted by molar-refractivity contribution is 0.617. The Morgan fingerprint density at radius 2 is 2.14 bits per heavy atom. The lowest BCUT2D eigenvalue weighted by atomic mass is 9.96. The smallest absolute Gasteiger partial charge is 0.258 e. The van der Waals surface area contributed by atoms with Crippen molar-refractivity contribution in [2.45, 2.75) is 31.6 Å². The van der Waals surface area contributed by atoms with Crippen molar-refractivity contribution in [3.63, 3.8) is 0 Å². The summed E-state index contributed by atoms with van der Waals surface area (Å²) in [4.78, 5) is 13.0. The van der Waals surface area contributed by atoms with Gasteiger partial charge in [0.1, 0.15) is 0 Å². The summed E-state index contributed by atoms with van der Waals surface area (Å²) in [5.74, 6) is 0. The van der Waals surface area contributed by atoms with Crippen LogP contribution >= 0.6 is 15.9 Å². The first-order chi connectivity index (χ1) is 10.0. The molecule has 4 nitrogen and oxygen atoms in total. The summed E-state index contributed by atoms with van der Waals surface area (Å²) in [7, 11) is 1.85. The molecule has 1 unspecified atom stereocenters. The minimum atomic E-state index is 0.0679. The van der Waals surface area contributed by atoms with E-state index in [2.05, 4.69) is 33.6 Å². The topological polar surface area (TPSA) is 39.8 Å². The fourth-order valence-corrected chi connectivity index (χ4v) is 4.13. The van der Waals surface area contributed by atoms with Crippen LogP contribution in [0.4, 0.5) is 0 Å². The molecule has 0 N–H and O–H groups in total. The Balaban J connectivity index is 2.39. The van der Waals surface area contributed by atoms with E-state index >= 15 is 0 Å². The molecule has 5 heteroatoms. The van der Waals surface area contributed by atoms with Crippen LogP contribution in [0.2, 0.25) is 0 Å². The van der Waals surface area contributed by atoms with Gasteiger partial charge in [0.25, 0.3) is 5.56 Å². The Hall–Kier alpha value is -1.62. The Morgan fingerprint density at radius 1 is 1.38 bits per heavy atom. The average molecular weight is 346 g/mol. The maximum absolute atomic E-state index is 12.8. The van der Waals surface area contributed by atoms with E-state index in [0.29, 0.717) is 0 Å². The van der Waals surface area contributed by atoms with E-state index in [1.807, 2.05) is 20.0 Å². The number of rotatable bonds is 1. The van der Waals surface area contributed by atoms with E-state index in [0.717, 1.165) is 46.0 Å². The highest BCUT2D eigenvalue weighted by Crippen LogP contribution is 2.40. The fourth-order valence-electron chi connectivity index (χ4n) is 3.50. The monoisotopic (exact) mass is 345 g/mol.